The van der Waals surface area contributed by atoms with Gasteiger partial charge in [-0.05, 0) is 46.0 Å². The van der Waals surface area contributed by atoms with Gasteiger partial charge in [0.15, 0.2) is 0 Å². The quantitative estimate of drug-likeness (QED) is 0.421. The van der Waals surface area contributed by atoms with Crippen LogP contribution in [0.15, 0.2) is 11.1 Å². The molecule has 0 saturated heterocycles. The predicted molar refractivity (Wildman–Crippen MR) is 92.6 cm³/mol. The molecule has 5 N–H and O–H groups in total. The summed E-state index contributed by atoms with van der Waals surface area (Å²) in [5, 5.41) is 55.3. The standard InChI is InChI=1S/C20H32O5/c1-10-11-5-6-12-16(23)19(11,9-18(12,4)24)8-15(22)20(25)13(10)7-14(21)17(20,2)3/h12-16,21-25H,5-9H2,1-4H3/t12-,13+,14+,15-,16-,18-,19+,20+/m1/s1. The summed E-state index contributed by atoms with van der Waals surface area (Å²) in [6, 6.07) is 0. The zero-order chi connectivity index (χ0) is 18.6. The lowest BCUT2D eigenvalue weighted by molar-refractivity contribution is -0.173. The largest absolute Gasteiger partial charge is 0.392 e. The van der Waals surface area contributed by atoms with E-state index in [-0.39, 0.29) is 18.3 Å². The van der Waals surface area contributed by atoms with Crippen LogP contribution < -0.4 is 0 Å². The second-order valence-electron chi connectivity index (χ2n) is 10.0. The minimum Gasteiger partial charge on any atom is -0.392 e. The fraction of sp³-hybridized carbons (Fsp3) is 0.900. The first-order valence-corrected chi connectivity index (χ1v) is 9.58. The highest BCUT2D eigenvalue weighted by Crippen LogP contribution is 2.66. The fourth-order valence-corrected chi connectivity index (χ4v) is 7.10. The molecule has 3 fully saturated rings. The Balaban J connectivity index is 1.91. The lowest BCUT2D eigenvalue weighted by Crippen LogP contribution is -2.57. The van der Waals surface area contributed by atoms with Crippen molar-refractivity contribution in [2.45, 2.75) is 89.3 Å². The van der Waals surface area contributed by atoms with Gasteiger partial charge >= 0.3 is 0 Å². The van der Waals surface area contributed by atoms with Crippen LogP contribution in [0, 0.1) is 22.7 Å². The molecule has 5 heteroatoms. The van der Waals surface area contributed by atoms with Gasteiger partial charge < -0.3 is 25.5 Å². The molecular formula is C20H32O5. The van der Waals surface area contributed by atoms with Crippen LogP contribution in [0.5, 0.6) is 0 Å². The summed E-state index contributed by atoms with van der Waals surface area (Å²) in [6.07, 6.45) is 0.121. The molecule has 5 nitrogen and oxygen atoms in total. The average Bonchev–Trinajstić information content (AvgIpc) is 2.71. The highest BCUT2D eigenvalue weighted by atomic mass is 16.4. The second-order valence-corrected chi connectivity index (χ2v) is 10.0. The van der Waals surface area contributed by atoms with E-state index in [1.54, 1.807) is 6.92 Å². The van der Waals surface area contributed by atoms with Crippen molar-refractivity contribution in [2.24, 2.45) is 22.7 Å². The van der Waals surface area contributed by atoms with Gasteiger partial charge in [-0.25, -0.2) is 0 Å². The van der Waals surface area contributed by atoms with E-state index in [0.717, 1.165) is 24.0 Å². The summed E-state index contributed by atoms with van der Waals surface area (Å²) in [4.78, 5) is 0. The van der Waals surface area contributed by atoms with Crippen LogP contribution in [0.3, 0.4) is 0 Å². The van der Waals surface area contributed by atoms with Gasteiger partial charge in [-0.15, -0.1) is 0 Å². The summed E-state index contributed by atoms with van der Waals surface area (Å²) in [6.45, 7) is 7.40. The summed E-state index contributed by atoms with van der Waals surface area (Å²) >= 11 is 0. The number of aliphatic hydroxyl groups excluding tert-OH is 3. The topological polar surface area (TPSA) is 101 Å². The lowest BCUT2D eigenvalue weighted by atomic mass is 9.64. The molecule has 0 aromatic rings. The van der Waals surface area contributed by atoms with Gasteiger partial charge in [-0.1, -0.05) is 25.0 Å². The number of fused-ring (bicyclic) bond motifs is 2. The number of hydrogen-bond donors (Lipinski definition) is 5. The first kappa shape index (κ1) is 17.9. The molecule has 4 aliphatic rings. The van der Waals surface area contributed by atoms with E-state index in [4.69, 9.17) is 0 Å². The third kappa shape index (κ3) is 1.86. The Hall–Kier alpha value is -0.460. The van der Waals surface area contributed by atoms with E-state index in [2.05, 4.69) is 0 Å². The van der Waals surface area contributed by atoms with Gasteiger partial charge in [0.2, 0.25) is 0 Å². The monoisotopic (exact) mass is 352 g/mol. The molecule has 0 aromatic heterocycles. The predicted octanol–water partition coefficient (Wildman–Crippen LogP) is 1.12. The SMILES string of the molecule is CC1=C2CC[C@@H]3[C@@H](O)[C@@]2(C[C@@H](O)[C@@]2(O)[C@H]1C[C@H](O)C2(C)C)C[C@@]3(C)O. The van der Waals surface area contributed by atoms with Crippen LogP contribution in [0.4, 0.5) is 0 Å². The molecule has 4 aliphatic carbocycles. The zero-order valence-corrected chi connectivity index (χ0v) is 15.7. The second kappa shape index (κ2) is 4.87. The third-order valence-electron chi connectivity index (χ3n) is 8.65. The summed E-state index contributed by atoms with van der Waals surface area (Å²) in [7, 11) is 0. The zero-order valence-electron chi connectivity index (χ0n) is 15.7. The van der Waals surface area contributed by atoms with Crippen molar-refractivity contribution >= 4 is 0 Å². The Kier molecular flexibility index (Phi) is 3.49. The van der Waals surface area contributed by atoms with Crippen molar-refractivity contribution in [3.05, 3.63) is 11.1 Å². The molecule has 0 radical (unpaired) electrons. The Morgan fingerprint density at radius 3 is 2.28 bits per heavy atom. The van der Waals surface area contributed by atoms with E-state index < -0.39 is 40.3 Å². The van der Waals surface area contributed by atoms with E-state index in [1.807, 2.05) is 20.8 Å². The average molecular weight is 352 g/mol. The number of rotatable bonds is 0. The first-order chi connectivity index (χ1) is 11.4. The van der Waals surface area contributed by atoms with Crippen LogP contribution in [0.1, 0.15) is 59.8 Å². The van der Waals surface area contributed by atoms with E-state index in [1.165, 1.54) is 0 Å². The Morgan fingerprint density at radius 2 is 1.64 bits per heavy atom. The van der Waals surface area contributed by atoms with Gasteiger partial charge in [-0.3, -0.25) is 0 Å². The summed E-state index contributed by atoms with van der Waals surface area (Å²) in [5.41, 5.74) is -1.80. The first-order valence-electron chi connectivity index (χ1n) is 9.58. The van der Waals surface area contributed by atoms with Crippen molar-refractivity contribution in [1.82, 2.24) is 0 Å². The maximum absolute atomic E-state index is 11.6. The van der Waals surface area contributed by atoms with Gasteiger partial charge in [0.1, 0.15) is 5.60 Å². The molecule has 3 saturated carbocycles. The molecule has 4 rings (SSSR count). The van der Waals surface area contributed by atoms with E-state index in [9.17, 15) is 25.5 Å². The molecule has 0 aromatic carbocycles. The Morgan fingerprint density at radius 1 is 1.00 bits per heavy atom. The molecule has 8 atom stereocenters. The van der Waals surface area contributed by atoms with E-state index in [0.29, 0.717) is 12.8 Å². The molecule has 0 unspecified atom stereocenters. The van der Waals surface area contributed by atoms with Crippen LogP contribution in [0.25, 0.3) is 0 Å². The van der Waals surface area contributed by atoms with Crippen molar-refractivity contribution in [3.8, 4) is 0 Å². The molecule has 0 heterocycles. The minimum atomic E-state index is -1.43. The highest BCUT2D eigenvalue weighted by molar-refractivity contribution is 5.38. The van der Waals surface area contributed by atoms with E-state index >= 15 is 0 Å². The smallest absolute Gasteiger partial charge is 0.105 e. The highest BCUT2D eigenvalue weighted by Gasteiger charge is 2.70. The summed E-state index contributed by atoms with van der Waals surface area (Å²) < 4.78 is 0. The van der Waals surface area contributed by atoms with Gasteiger partial charge in [0.25, 0.3) is 0 Å². The van der Waals surface area contributed by atoms with Crippen molar-refractivity contribution in [1.29, 1.82) is 0 Å². The van der Waals surface area contributed by atoms with Crippen molar-refractivity contribution in [3.63, 3.8) is 0 Å². The Bertz CT molecular complexity index is 638. The maximum atomic E-state index is 11.6. The van der Waals surface area contributed by atoms with Crippen LogP contribution in [0.2, 0.25) is 0 Å². The molecule has 1 spiro atoms. The normalized spacial score (nSPS) is 57.2. The lowest BCUT2D eigenvalue weighted by Gasteiger charge is -2.46. The Labute approximate surface area is 149 Å². The minimum absolute atomic E-state index is 0.192. The molecule has 2 bridgehead atoms. The molecule has 0 aliphatic heterocycles. The van der Waals surface area contributed by atoms with Gasteiger partial charge in [-0.2, -0.15) is 0 Å². The van der Waals surface area contributed by atoms with Crippen LogP contribution in [-0.2, 0) is 0 Å². The van der Waals surface area contributed by atoms with Gasteiger partial charge in [0.05, 0.1) is 23.9 Å². The maximum Gasteiger partial charge on any atom is 0.105 e. The number of hydrogen-bond acceptors (Lipinski definition) is 5. The third-order valence-corrected chi connectivity index (χ3v) is 8.65. The molecule has 142 valence electrons. The summed E-state index contributed by atoms with van der Waals surface area (Å²) in [5.74, 6) is -0.515. The van der Waals surface area contributed by atoms with Crippen LogP contribution >= 0.6 is 0 Å². The van der Waals surface area contributed by atoms with Crippen LogP contribution in [-0.4, -0.2) is 55.0 Å². The molecule has 25 heavy (non-hydrogen) atoms. The molecular weight excluding hydrogens is 320 g/mol. The van der Waals surface area contributed by atoms with Gasteiger partial charge in [0, 0.05) is 22.7 Å². The fourth-order valence-electron chi connectivity index (χ4n) is 7.10. The van der Waals surface area contributed by atoms with Crippen molar-refractivity contribution in [2.75, 3.05) is 0 Å². The number of aliphatic hydroxyl groups is 5. The molecule has 0 amide bonds. The van der Waals surface area contributed by atoms with Crippen molar-refractivity contribution < 1.29 is 25.5 Å².